The van der Waals surface area contributed by atoms with Crippen molar-refractivity contribution < 1.29 is 22.8 Å². The molecule has 0 aliphatic rings. The molecule has 9 nitrogen and oxygen atoms in total. The van der Waals surface area contributed by atoms with Crippen molar-refractivity contribution in [3.63, 3.8) is 0 Å². The molecule has 13 heteroatoms. The standard InChI is InChI=1S/C22H22F3N7O2S/c1-4-31-12(3)14(10-28-31)13-9-15(22(23,24)25)29-21-17(13)18(19(35-21)20(26)34)30-16(33)6-8-32-11(2)5-7-27-32/h5,7,9-10H,4,6,8H2,1-3H3,(H2,26,34)(H,30,33). The number of thiophene rings is 1. The molecule has 0 aromatic carbocycles. The summed E-state index contributed by atoms with van der Waals surface area (Å²) in [4.78, 5) is 28.6. The van der Waals surface area contributed by atoms with E-state index in [9.17, 15) is 22.8 Å². The van der Waals surface area contributed by atoms with Gasteiger partial charge in [-0.05, 0) is 38.5 Å². The molecule has 4 aromatic heterocycles. The highest BCUT2D eigenvalue weighted by Crippen LogP contribution is 2.44. The second kappa shape index (κ2) is 9.13. The molecule has 35 heavy (non-hydrogen) atoms. The molecule has 0 bridgehead atoms. The molecule has 3 N–H and O–H groups in total. The van der Waals surface area contributed by atoms with Crippen molar-refractivity contribution in [1.29, 1.82) is 0 Å². The first-order valence-electron chi connectivity index (χ1n) is 10.7. The van der Waals surface area contributed by atoms with Gasteiger partial charge in [0.2, 0.25) is 5.91 Å². The highest BCUT2D eigenvalue weighted by molar-refractivity contribution is 7.21. The number of hydrogen-bond acceptors (Lipinski definition) is 6. The predicted molar refractivity (Wildman–Crippen MR) is 125 cm³/mol. The molecule has 0 atom stereocenters. The molecule has 0 saturated carbocycles. The minimum atomic E-state index is -4.72. The number of nitrogens with one attached hydrogen (secondary N) is 1. The van der Waals surface area contributed by atoms with Gasteiger partial charge in [0.15, 0.2) is 0 Å². The van der Waals surface area contributed by atoms with Gasteiger partial charge in [-0.15, -0.1) is 11.3 Å². The van der Waals surface area contributed by atoms with E-state index in [1.165, 1.54) is 6.20 Å². The lowest BCUT2D eigenvalue weighted by atomic mass is 10.0. The average molecular weight is 506 g/mol. The summed E-state index contributed by atoms with van der Waals surface area (Å²) in [7, 11) is 0. The zero-order chi connectivity index (χ0) is 25.5. The summed E-state index contributed by atoms with van der Waals surface area (Å²) in [6.07, 6.45) is -1.63. The normalized spacial score (nSPS) is 11.8. The van der Waals surface area contributed by atoms with E-state index in [-0.39, 0.29) is 39.3 Å². The molecule has 4 aromatic rings. The van der Waals surface area contributed by atoms with Crippen LogP contribution in [0.15, 0.2) is 24.5 Å². The third-order valence-corrected chi connectivity index (χ3v) is 6.71. The number of nitrogens with zero attached hydrogens (tertiary/aromatic N) is 5. The maximum atomic E-state index is 13.7. The number of anilines is 1. The number of nitrogens with two attached hydrogens (primary N) is 1. The van der Waals surface area contributed by atoms with Crippen LogP contribution in [0.2, 0.25) is 0 Å². The Labute approximate surface area is 201 Å². The fourth-order valence-corrected chi connectivity index (χ4v) is 4.83. The number of hydrogen-bond donors (Lipinski definition) is 2. The van der Waals surface area contributed by atoms with Crippen molar-refractivity contribution >= 4 is 39.1 Å². The van der Waals surface area contributed by atoms with Crippen LogP contribution in [-0.4, -0.2) is 36.4 Å². The largest absolute Gasteiger partial charge is 0.433 e. The van der Waals surface area contributed by atoms with E-state index in [0.29, 0.717) is 29.1 Å². The van der Waals surface area contributed by atoms with Gasteiger partial charge in [-0.2, -0.15) is 23.4 Å². The number of pyridine rings is 1. The van der Waals surface area contributed by atoms with Crippen LogP contribution in [0, 0.1) is 13.8 Å². The lowest BCUT2D eigenvalue weighted by Gasteiger charge is -2.12. The number of amides is 2. The van der Waals surface area contributed by atoms with Gasteiger partial charge in [0.1, 0.15) is 15.4 Å². The van der Waals surface area contributed by atoms with Gasteiger partial charge in [-0.1, -0.05) is 0 Å². The summed E-state index contributed by atoms with van der Waals surface area (Å²) >= 11 is 0.705. The van der Waals surface area contributed by atoms with E-state index in [1.54, 1.807) is 28.6 Å². The van der Waals surface area contributed by atoms with Crippen molar-refractivity contribution in [2.24, 2.45) is 5.73 Å². The number of carbonyl (C=O) groups is 2. The van der Waals surface area contributed by atoms with Crippen molar-refractivity contribution in [3.05, 3.63) is 46.5 Å². The molecule has 0 aliphatic heterocycles. The molecule has 0 radical (unpaired) electrons. The van der Waals surface area contributed by atoms with E-state index in [1.807, 2.05) is 13.8 Å². The Hall–Kier alpha value is -3.74. The third kappa shape index (κ3) is 4.63. The van der Waals surface area contributed by atoms with Gasteiger partial charge >= 0.3 is 6.18 Å². The second-order valence-corrected chi connectivity index (χ2v) is 8.86. The number of aromatic nitrogens is 5. The van der Waals surface area contributed by atoms with Crippen LogP contribution in [0.3, 0.4) is 0 Å². The highest BCUT2D eigenvalue weighted by Gasteiger charge is 2.35. The summed E-state index contributed by atoms with van der Waals surface area (Å²) in [6.45, 7) is 6.23. The second-order valence-electron chi connectivity index (χ2n) is 7.86. The third-order valence-electron chi connectivity index (χ3n) is 5.61. The van der Waals surface area contributed by atoms with Crippen LogP contribution in [-0.2, 0) is 24.1 Å². The molecular weight excluding hydrogens is 483 g/mol. The Morgan fingerprint density at radius 1 is 1.17 bits per heavy atom. The lowest BCUT2D eigenvalue weighted by molar-refractivity contribution is -0.140. The lowest BCUT2D eigenvalue weighted by Crippen LogP contribution is -2.18. The Morgan fingerprint density at radius 2 is 1.91 bits per heavy atom. The van der Waals surface area contributed by atoms with Crippen molar-refractivity contribution in [3.8, 4) is 11.1 Å². The first kappa shape index (κ1) is 24.4. The van der Waals surface area contributed by atoms with Gasteiger partial charge in [-0.3, -0.25) is 19.0 Å². The van der Waals surface area contributed by atoms with Crippen LogP contribution in [0.4, 0.5) is 18.9 Å². The zero-order valence-electron chi connectivity index (χ0n) is 19.1. The number of carbonyl (C=O) groups excluding carboxylic acids is 2. The van der Waals surface area contributed by atoms with E-state index in [4.69, 9.17) is 5.73 Å². The SMILES string of the molecule is CCn1ncc(-c2cc(C(F)(F)F)nc3sc(C(N)=O)c(NC(=O)CCn4nccc4C)c23)c1C. The van der Waals surface area contributed by atoms with Crippen LogP contribution in [0.5, 0.6) is 0 Å². The Balaban J connectivity index is 1.86. The fraction of sp³-hybridized carbons (Fsp3) is 0.318. The number of alkyl halides is 3. The molecule has 2 amide bonds. The maximum absolute atomic E-state index is 13.7. The maximum Gasteiger partial charge on any atom is 0.433 e. The van der Waals surface area contributed by atoms with Gasteiger partial charge in [0, 0.05) is 48.0 Å². The van der Waals surface area contributed by atoms with Crippen LogP contribution in [0.1, 0.15) is 40.1 Å². The minimum Gasteiger partial charge on any atom is -0.365 e. The van der Waals surface area contributed by atoms with Gasteiger partial charge in [0.25, 0.3) is 5.91 Å². The number of fused-ring (bicyclic) bond motifs is 1. The zero-order valence-corrected chi connectivity index (χ0v) is 19.9. The monoisotopic (exact) mass is 505 g/mol. The number of rotatable bonds is 7. The van der Waals surface area contributed by atoms with E-state index < -0.39 is 23.7 Å². The molecular formula is C22H22F3N7O2S. The first-order chi connectivity index (χ1) is 16.5. The smallest absolute Gasteiger partial charge is 0.365 e. The number of aryl methyl sites for hydroxylation is 3. The van der Waals surface area contributed by atoms with Gasteiger partial charge in [0.05, 0.1) is 11.9 Å². The van der Waals surface area contributed by atoms with Crippen LogP contribution >= 0.6 is 11.3 Å². The molecule has 0 unspecified atom stereocenters. The Kier molecular flexibility index (Phi) is 6.36. The molecule has 4 heterocycles. The molecule has 184 valence electrons. The Bertz CT molecular complexity index is 1430. The molecule has 4 rings (SSSR count). The van der Waals surface area contributed by atoms with Crippen LogP contribution in [0.25, 0.3) is 21.3 Å². The summed E-state index contributed by atoms with van der Waals surface area (Å²) in [6, 6.07) is 2.71. The fourth-order valence-electron chi connectivity index (χ4n) is 3.82. The van der Waals surface area contributed by atoms with Gasteiger partial charge < -0.3 is 11.1 Å². The molecule has 0 saturated heterocycles. The Morgan fingerprint density at radius 3 is 2.49 bits per heavy atom. The van der Waals surface area contributed by atoms with Crippen LogP contribution < -0.4 is 11.1 Å². The first-order valence-corrected chi connectivity index (χ1v) is 11.5. The summed E-state index contributed by atoms with van der Waals surface area (Å²) in [5, 5.41) is 11.3. The van der Waals surface area contributed by atoms with Crippen molar-refractivity contribution in [1.82, 2.24) is 24.5 Å². The minimum absolute atomic E-state index is 0.0221. The van der Waals surface area contributed by atoms with E-state index >= 15 is 0 Å². The van der Waals surface area contributed by atoms with E-state index in [2.05, 4.69) is 20.5 Å². The molecule has 0 aliphatic carbocycles. The quantitative estimate of drug-likeness (QED) is 0.391. The van der Waals surface area contributed by atoms with Crippen molar-refractivity contribution in [2.75, 3.05) is 5.32 Å². The number of halogens is 3. The summed E-state index contributed by atoms with van der Waals surface area (Å²) in [5.74, 6) is -1.33. The highest BCUT2D eigenvalue weighted by atomic mass is 32.1. The summed E-state index contributed by atoms with van der Waals surface area (Å²) in [5.41, 5.74) is 6.54. The van der Waals surface area contributed by atoms with Crippen molar-refractivity contribution in [2.45, 2.75) is 46.5 Å². The molecule has 0 fully saturated rings. The molecule has 0 spiro atoms. The predicted octanol–water partition coefficient (Wildman–Crippen LogP) is 4.14. The average Bonchev–Trinajstić information content (AvgIpc) is 3.48. The van der Waals surface area contributed by atoms with E-state index in [0.717, 1.165) is 11.8 Å². The number of primary amides is 1. The summed E-state index contributed by atoms with van der Waals surface area (Å²) < 4.78 is 44.3. The van der Waals surface area contributed by atoms with Gasteiger partial charge in [-0.25, -0.2) is 4.98 Å². The topological polar surface area (TPSA) is 121 Å².